The number of aromatic nitrogens is 2. The first-order valence-corrected chi connectivity index (χ1v) is 9.22. The van der Waals surface area contributed by atoms with Crippen LogP contribution in [-0.2, 0) is 0 Å². The Kier molecular flexibility index (Phi) is 6.36. The van der Waals surface area contributed by atoms with Gasteiger partial charge in [-0.2, -0.15) is 16.7 Å². The molecule has 1 aliphatic carbocycles. The van der Waals surface area contributed by atoms with Crippen LogP contribution in [0.3, 0.4) is 0 Å². The highest BCUT2D eigenvalue weighted by Gasteiger charge is 2.26. The molecular weight excluding hydrogens is 270 g/mol. The van der Waals surface area contributed by atoms with Crippen LogP contribution >= 0.6 is 11.8 Å². The summed E-state index contributed by atoms with van der Waals surface area (Å²) in [6.07, 6.45) is 10.7. The molecular formula is C15H27N3OS. The van der Waals surface area contributed by atoms with Crippen LogP contribution in [0.5, 0.6) is 0 Å². The molecule has 0 spiro atoms. The summed E-state index contributed by atoms with van der Waals surface area (Å²) in [5, 5.41) is 4.17. The van der Waals surface area contributed by atoms with E-state index in [1.165, 1.54) is 38.5 Å². The van der Waals surface area contributed by atoms with E-state index < -0.39 is 0 Å². The third kappa shape index (κ3) is 4.22. The summed E-state index contributed by atoms with van der Waals surface area (Å²) in [4.78, 5) is 4.55. The van der Waals surface area contributed by atoms with Gasteiger partial charge in [0.05, 0.1) is 6.04 Å². The van der Waals surface area contributed by atoms with E-state index in [-0.39, 0.29) is 6.04 Å². The molecule has 0 bridgehead atoms. The molecule has 0 radical (unpaired) electrons. The van der Waals surface area contributed by atoms with Crippen LogP contribution in [-0.4, -0.2) is 22.1 Å². The van der Waals surface area contributed by atoms with E-state index in [1.807, 2.05) is 0 Å². The number of nitrogens with two attached hydrogens (primary N) is 1. The maximum atomic E-state index is 6.08. The van der Waals surface area contributed by atoms with Crippen LogP contribution < -0.4 is 5.73 Å². The highest BCUT2D eigenvalue weighted by atomic mass is 32.2. The van der Waals surface area contributed by atoms with Crippen LogP contribution in [0.25, 0.3) is 0 Å². The van der Waals surface area contributed by atoms with Crippen LogP contribution in [0.4, 0.5) is 0 Å². The molecule has 1 fully saturated rings. The molecule has 1 heterocycles. The molecule has 0 aliphatic heterocycles. The van der Waals surface area contributed by atoms with Gasteiger partial charge >= 0.3 is 0 Å². The predicted molar refractivity (Wildman–Crippen MR) is 83.8 cm³/mol. The van der Waals surface area contributed by atoms with Crippen molar-refractivity contribution in [3.63, 3.8) is 0 Å². The molecule has 114 valence electrons. The molecule has 20 heavy (non-hydrogen) atoms. The number of nitrogens with zero attached hydrogens (tertiary/aromatic N) is 2. The third-order valence-corrected chi connectivity index (χ3v) is 4.96. The smallest absolute Gasteiger partial charge is 0.243 e. The molecule has 2 rings (SSSR count). The fraction of sp³-hybridized carbons (Fsp3) is 0.867. The van der Waals surface area contributed by atoms with Gasteiger partial charge in [0, 0.05) is 5.92 Å². The minimum Gasteiger partial charge on any atom is -0.338 e. The second-order valence-corrected chi connectivity index (χ2v) is 6.87. The summed E-state index contributed by atoms with van der Waals surface area (Å²) < 4.78 is 5.36. The van der Waals surface area contributed by atoms with Crippen molar-refractivity contribution in [3.05, 3.63) is 11.7 Å². The highest BCUT2D eigenvalue weighted by molar-refractivity contribution is 7.98. The van der Waals surface area contributed by atoms with Crippen molar-refractivity contribution in [1.82, 2.24) is 10.1 Å². The summed E-state index contributed by atoms with van der Waals surface area (Å²) >= 11 is 1.79. The second-order valence-electron chi connectivity index (χ2n) is 5.89. The van der Waals surface area contributed by atoms with Gasteiger partial charge in [0.15, 0.2) is 5.82 Å². The predicted octanol–water partition coefficient (Wildman–Crippen LogP) is 3.90. The van der Waals surface area contributed by atoms with Gasteiger partial charge in [-0.25, -0.2) is 0 Å². The van der Waals surface area contributed by atoms with Crippen molar-refractivity contribution < 1.29 is 4.52 Å². The van der Waals surface area contributed by atoms with E-state index in [9.17, 15) is 0 Å². The largest absolute Gasteiger partial charge is 0.338 e. The Bertz CT molecular complexity index is 388. The monoisotopic (exact) mass is 297 g/mol. The van der Waals surface area contributed by atoms with E-state index in [2.05, 4.69) is 23.3 Å². The second kappa shape index (κ2) is 8.03. The molecule has 5 heteroatoms. The molecule has 0 amide bonds. The van der Waals surface area contributed by atoms with E-state index in [1.54, 1.807) is 11.8 Å². The molecule has 0 saturated heterocycles. The Hall–Kier alpha value is -0.550. The maximum Gasteiger partial charge on any atom is 0.243 e. The minimum atomic E-state index is -0.111. The van der Waals surface area contributed by atoms with Gasteiger partial charge in [0.1, 0.15) is 0 Å². The lowest BCUT2D eigenvalue weighted by Crippen LogP contribution is -2.15. The van der Waals surface area contributed by atoms with Crippen molar-refractivity contribution >= 4 is 11.8 Å². The molecule has 1 aromatic heterocycles. The Morgan fingerprint density at radius 3 is 2.75 bits per heavy atom. The number of hydrogen-bond acceptors (Lipinski definition) is 5. The zero-order chi connectivity index (χ0) is 14.4. The summed E-state index contributed by atoms with van der Waals surface area (Å²) in [6.45, 7) is 2.27. The number of thioether (sulfide) groups is 1. The topological polar surface area (TPSA) is 64.9 Å². The van der Waals surface area contributed by atoms with Gasteiger partial charge in [-0.3, -0.25) is 0 Å². The van der Waals surface area contributed by atoms with Crippen LogP contribution in [0.1, 0.15) is 75.5 Å². The lowest BCUT2D eigenvalue weighted by atomic mass is 9.80. The lowest BCUT2D eigenvalue weighted by molar-refractivity contribution is 0.293. The van der Waals surface area contributed by atoms with Gasteiger partial charge in [-0.05, 0) is 50.0 Å². The fourth-order valence-electron chi connectivity index (χ4n) is 3.05. The van der Waals surface area contributed by atoms with Crippen molar-refractivity contribution in [1.29, 1.82) is 0 Å². The third-order valence-electron chi connectivity index (χ3n) is 4.32. The Labute approximate surface area is 126 Å². The summed E-state index contributed by atoms with van der Waals surface area (Å²) in [5.41, 5.74) is 6.08. The first-order chi connectivity index (χ1) is 9.74. The molecule has 2 N–H and O–H groups in total. The molecule has 4 nitrogen and oxygen atoms in total. The fourth-order valence-corrected chi connectivity index (χ4v) is 3.54. The average molecular weight is 297 g/mol. The molecule has 1 aromatic rings. The van der Waals surface area contributed by atoms with Crippen LogP contribution in [0, 0.1) is 5.92 Å². The normalized spacial score (nSPS) is 24.8. The van der Waals surface area contributed by atoms with Crippen molar-refractivity contribution in [2.75, 3.05) is 12.0 Å². The molecule has 0 aromatic carbocycles. The van der Waals surface area contributed by atoms with Crippen molar-refractivity contribution in [2.24, 2.45) is 11.7 Å². The SMILES string of the molecule is CCCC1CCC(c2noc([C@H](N)CCSC)n2)CC1. The van der Waals surface area contributed by atoms with E-state index >= 15 is 0 Å². The Morgan fingerprint density at radius 2 is 2.10 bits per heavy atom. The molecule has 1 atom stereocenters. The minimum absolute atomic E-state index is 0.111. The summed E-state index contributed by atoms with van der Waals surface area (Å²) in [6, 6.07) is -0.111. The van der Waals surface area contributed by atoms with Gasteiger partial charge in [0.2, 0.25) is 5.89 Å². The molecule has 1 aliphatic rings. The lowest BCUT2D eigenvalue weighted by Gasteiger charge is -2.26. The zero-order valence-corrected chi connectivity index (χ0v) is 13.5. The standard InChI is InChI=1S/C15H27N3OS/c1-3-4-11-5-7-12(8-6-11)14-17-15(19-18-14)13(16)9-10-20-2/h11-13H,3-10,16H2,1-2H3/t11?,12?,13-/m1/s1. The van der Waals surface area contributed by atoms with Crippen molar-refractivity contribution in [3.8, 4) is 0 Å². The first kappa shape index (κ1) is 15.8. The first-order valence-electron chi connectivity index (χ1n) is 7.82. The maximum absolute atomic E-state index is 6.08. The van der Waals surface area contributed by atoms with E-state index in [0.717, 1.165) is 23.9 Å². The van der Waals surface area contributed by atoms with Crippen LogP contribution in [0.15, 0.2) is 4.52 Å². The quantitative estimate of drug-likeness (QED) is 0.827. The average Bonchev–Trinajstić information content (AvgIpc) is 2.96. The molecule has 1 saturated carbocycles. The summed E-state index contributed by atoms with van der Waals surface area (Å²) in [7, 11) is 0. The van der Waals surface area contributed by atoms with Gasteiger partial charge in [-0.1, -0.05) is 24.9 Å². The van der Waals surface area contributed by atoms with Gasteiger partial charge in [-0.15, -0.1) is 0 Å². The molecule has 0 unspecified atom stereocenters. The van der Waals surface area contributed by atoms with Gasteiger partial charge in [0.25, 0.3) is 0 Å². The van der Waals surface area contributed by atoms with Gasteiger partial charge < -0.3 is 10.3 Å². The van der Waals surface area contributed by atoms with Crippen molar-refractivity contribution in [2.45, 2.75) is 63.8 Å². The number of hydrogen-bond donors (Lipinski definition) is 1. The van der Waals surface area contributed by atoms with E-state index in [4.69, 9.17) is 10.3 Å². The van der Waals surface area contributed by atoms with Crippen LogP contribution in [0.2, 0.25) is 0 Å². The number of rotatable bonds is 7. The van der Waals surface area contributed by atoms with E-state index in [0.29, 0.717) is 11.8 Å². The Balaban J connectivity index is 1.86. The zero-order valence-electron chi connectivity index (χ0n) is 12.7. The highest BCUT2D eigenvalue weighted by Crippen LogP contribution is 2.36. The Morgan fingerprint density at radius 1 is 1.35 bits per heavy atom. The summed E-state index contributed by atoms with van der Waals surface area (Å²) in [5.74, 6) is 3.92.